The van der Waals surface area contributed by atoms with Gasteiger partial charge in [-0.2, -0.15) is 0 Å². The van der Waals surface area contributed by atoms with Gasteiger partial charge in [-0.05, 0) is 48.5 Å². The highest BCUT2D eigenvalue weighted by molar-refractivity contribution is 7.92. The van der Waals surface area contributed by atoms with Crippen molar-refractivity contribution >= 4 is 27.3 Å². The fourth-order valence-corrected chi connectivity index (χ4v) is 4.29. The summed E-state index contributed by atoms with van der Waals surface area (Å²) in [7, 11) is -2.40. The van der Waals surface area contributed by atoms with Gasteiger partial charge in [0, 0.05) is 31.2 Å². The second-order valence-corrected chi connectivity index (χ2v) is 9.23. The molecule has 0 atom stereocenters. The van der Waals surface area contributed by atoms with Crippen LogP contribution in [0.15, 0.2) is 71.6 Å². The summed E-state index contributed by atoms with van der Waals surface area (Å²) in [5.74, 6) is 0.398. The highest BCUT2D eigenvalue weighted by atomic mass is 32.2. The van der Waals surface area contributed by atoms with Crippen LogP contribution in [0.25, 0.3) is 0 Å². The quantitative estimate of drug-likeness (QED) is 0.577. The van der Waals surface area contributed by atoms with E-state index in [0.29, 0.717) is 34.2 Å². The number of rotatable bonds is 6. The normalized spacial score (nSPS) is 14.0. The number of fused-ring (bicyclic) bond motifs is 1. The minimum Gasteiger partial charge on any atom is -0.495 e. The van der Waals surface area contributed by atoms with Crippen molar-refractivity contribution in [3.8, 4) is 17.2 Å². The van der Waals surface area contributed by atoms with Crippen LogP contribution in [-0.4, -0.2) is 27.2 Å². The Kier molecular flexibility index (Phi) is 5.43. The number of nitrogens with one attached hydrogen (secondary N) is 2. The van der Waals surface area contributed by atoms with Crippen molar-refractivity contribution in [3.05, 3.63) is 72.3 Å². The van der Waals surface area contributed by atoms with Crippen LogP contribution in [0.1, 0.15) is 24.2 Å². The molecule has 0 aliphatic carbocycles. The molecule has 32 heavy (non-hydrogen) atoms. The maximum atomic E-state index is 12.7. The van der Waals surface area contributed by atoms with E-state index in [4.69, 9.17) is 14.2 Å². The molecule has 0 fully saturated rings. The first-order valence-electron chi connectivity index (χ1n) is 9.76. The molecule has 2 N–H and O–H groups in total. The largest absolute Gasteiger partial charge is 0.495 e. The zero-order valence-electron chi connectivity index (χ0n) is 17.7. The van der Waals surface area contributed by atoms with Crippen molar-refractivity contribution in [2.75, 3.05) is 17.1 Å². The number of carbonyl (C=O) groups is 1. The topological polar surface area (TPSA) is 103 Å². The number of anilines is 2. The third-order valence-electron chi connectivity index (χ3n) is 4.69. The van der Waals surface area contributed by atoms with Crippen LogP contribution in [0.2, 0.25) is 0 Å². The molecule has 0 radical (unpaired) electrons. The molecule has 3 aromatic rings. The number of methoxy groups -OCH3 is 1. The Labute approximate surface area is 186 Å². The number of benzene rings is 3. The molecule has 3 aromatic carbocycles. The Bertz CT molecular complexity index is 1270. The fraction of sp³-hybridized carbons (Fsp3) is 0.174. The third kappa shape index (κ3) is 4.47. The predicted molar refractivity (Wildman–Crippen MR) is 120 cm³/mol. The van der Waals surface area contributed by atoms with Crippen molar-refractivity contribution < 1.29 is 27.4 Å². The van der Waals surface area contributed by atoms with Crippen LogP contribution in [0.5, 0.6) is 17.2 Å². The van der Waals surface area contributed by atoms with E-state index < -0.39 is 15.8 Å². The van der Waals surface area contributed by atoms with E-state index in [-0.39, 0.29) is 10.8 Å². The van der Waals surface area contributed by atoms with Gasteiger partial charge < -0.3 is 19.5 Å². The van der Waals surface area contributed by atoms with Gasteiger partial charge in [0.2, 0.25) is 5.79 Å². The standard InChI is InChI=1S/C23H22N2O6S/c1-23(2)30-20-13-10-16(14-21(20)31-23)24-22(26)15-8-11-17(12-9-15)32(27,28)25-18-6-4-5-7-19(18)29-3/h4-14,25H,1-3H3,(H,24,26). The molecule has 9 heteroatoms. The van der Waals surface area contributed by atoms with Crippen LogP contribution in [0.4, 0.5) is 11.4 Å². The minimum atomic E-state index is -3.86. The molecular weight excluding hydrogens is 432 g/mol. The Balaban J connectivity index is 1.47. The molecule has 4 rings (SSSR count). The van der Waals surface area contributed by atoms with Gasteiger partial charge in [0.25, 0.3) is 15.9 Å². The number of para-hydroxylation sites is 2. The van der Waals surface area contributed by atoms with Gasteiger partial charge in [-0.15, -0.1) is 0 Å². The molecule has 0 unspecified atom stereocenters. The van der Waals surface area contributed by atoms with Gasteiger partial charge in [0.05, 0.1) is 17.7 Å². The highest BCUT2D eigenvalue weighted by Crippen LogP contribution is 2.40. The SMILES string of the molecule is COc1ccccc1NS(=O)(=O)c1ccc(C(=O)Nc2ccc3c(c2)OC(C)(C)O3)cc1. The van der Waals surface area contributed by atoms with E-state index >= 15 is 0 Å². The molecule has 1 aliphatic heterocycles. The van der Waals surface area contributed by atoms with E-state index in [1.165, 1.54) is 31.4 Å². The van der Waals surface area contributed by atoms with Crippen molar-refractivity contribution in [3.63, 3.8) is 0 Å². The molecule has 0 spiro atoms. The molecule has 0 bridgehead atoms. The number of ether oxygens (including phenoxy) is 3. The van der Waals surface area contributed by atoms with E-state index in [0.717, 1.165) is 0 Å². The van der Waals surface area contributed by atoms with Gasteiger partial charge in [-0.3, -0.25) is 9.52 Å². The van der Waals surface area contributed by atoms with Crippen LogP contribution in [0, 0.1) is 0 Å². The molecule has 1 aliphatic rings. The van der Waals surface area contributed by atoms with Gasteiger partial charge in [0.15, 0.2) is 11.5 Å². The molecule has 1 heterocycles. The lowest BCUT2D eigenvalue weighted by atomic mass is 10.2. The maximum absolute atomic E-state index is 12.7. The maximum Gasteiger partial charge on any atom is 0.262 e. The van der Waals surface area contributed by atoms with Gasteiger partial charge in [-0.25, -0.2) is 8.42 Å². The molecule has 0 saturated heterocycles. The molecular formula is C23H22N2O6S. The summed E-state index contributed by atoms with van der Waals surface area (Å²) in [4.78, 5) is 12.6. The van der Waals surface area contributed by atoms with Gasteiger partial charge >= 0.3 is 0 Å². The van der Waals surface area contributed by atoms with E-state index in [9.17, 15) is 13.2 Å². The summed E-state index contributed by atoms with van der Waals surface area (Å²) >= 11 is 0. The first kappa shape index (κ1) is 21.5. The van der Waals surface area contributed by atoms with Crippen LogP contribution in [-0.2, 0) is 10.0 Å². The molecule has 0 aromatic heterocycles. The number of carbonyl (C=O) groups excluding carboxylic acids is 1. The predicted octanol–water partition coefficient (Wildman–Crippen LogP) is 4.26. The molecule has 0 saturated carbocycles. The lowest BCUT2D eigenvalue weighted by Crippen LogP contribution is -2.29. The lowest BCUT2D eigenvalue weighted by Gasteiger charge is -2.16. The summed E-state index contributed by atoms with van der Waals surface area (Å²) in [6.45, 7) is 3.59. The average molecular weight is 455 g/mol. The van der Waals surface area contributed by atoms with Crippen molar-refractivity contribution in [2.24, 2.45) is 0 Å². The first-order chi connectivity index (χ1) is 15.2. The third-order valence-corrected chi connectivity index (χ3v) is 6.07. The lowest BCUT2D eigenvalue weighted by molar-refractivity contribution is -0.0431. The van der Waals surface area contributed by atoms with Crippen molar-refractivity contribution in [2.45, 2.75) is 24.5 Å². The zero-order valence-corrected chi connectivity index (χ0v) is 18.5. The second kappa shape index (κ2) is 8.08. The smallest absolute Gasteiger partial charge is 0.262 e. The monoisotopic (exact) mass is 454 g/mol. The zero-order chi connectivity index (χ0) is 22.9. The Morgan fingerprint density at radius 3 is 2.34 bits per heavy atom. The van der Waals surface area contributed by atoms with E-state index in [1.54, 1.807) is 56.3 Å². The first-order valence-corrected chi connectivity index (χ1v) is 11.2. The summed E-state index contributed by atoms with van der Waals surface area (Å²) in [6, 6.07) is 17.4. The second-order valence-electron chi connectivity index (χ2n) is 7.55. The van der Waals surface area contributed by atoms with Crippen molar-refractivity contribution in [1.82, 2.24) is 0 Å². The molecule has 1 amide bonds. The van der Waals surface area contributed by atoms with Crippen LogP contribution in [0.3, 0.4) is 0 Å². The van der Waals surface area contributed by atoms with Crippen LogP contribution < -0.4 is 24.2 Å². The minimum absolute atomic E-state index is 0.0188. The molecule has 8 nitrogen and oxygen atoms in total. The fourth-order valence-electron chi connectivity index (χ4n) is 3.22. The highest BCUT2D eigenvalue weighted by Gasteiger charge is 2.31. The molecule has 166 valence electrons. The Morgan fingerprint density at radius 1 is 0.938 bits per heavy atom. The number of hydrogen-bond acceptors (Lipinski definition) is 6. The number of amides is 1. The number of hydrogen-bond donors (Lipinski definition) is 2. The number of sulfonamides is 1. The Morgan fingerprint density at radius 2 is 1.62 bits per heavy atom. The summed E-state index contributed by atoms with van der Waals surface area (Å²) in [6.07, 6.45) is 0. The van der Waals surface area contributed by atoms with Crippen LogP contribution >= 0.6 is 0 Å². The van der Waals surface area contributed by atoms with Gasteiger partial charge in [-0.1, -0.05) is 12.1 Å². The van der Waals surface area contributed by atoms with E-state index in [2.05, 4.69) is 10.0 Å². The van der Waals surface area contributed by atoms with Gasteiger partial charge in [0.1, 0.15) is 5.75 Å². The summed E-state index contributed by atoms with van der Waals surface area (Å²) < 4.78 is 44.4. The average Bonchev–Trinajstić information content (AvgIpc) is 3.07. The summed E-state index contributed by atoms with van der Waals surface area (Å²) in [5.41, 5.74) is 1.16. The Hall–Kier alpha value is -3.72. The summed E-state index contributed by atoms with van der Waals surface area (Å²) in [5, 5.41) is 2.77. The van der Waals surface area contributed by atoms with Crippen molar-refractivity contribution in [1.29, 1.82) is 0 Å². The van der Waals surface area contributed by atoms with E-state index in [1.807, 2.05) is 0 Å².